The Bertz CT molecular complexity index is 532. The zero-order valence-electron chi connectivity index (χ0n) is 11.1. The SMILES string of the molecule is COc1cc(Cl)ccc1C(=O)N[C@H]1CC[C@@H](C(=O)O)C1. The molecule has 1 fully saturated rings. The van der Waals surface area contributed by atoms with E-state index in [-0.39, 0.29) is 17.9 Å². The summed E-state index contributed by atoms with van der Waals surface area (Å²) >= 11 is 5.85. The Kier molecular flexibility index (Phi) is 4.49. The number of carboxylic acids is 1. The van der Waals surface area contributed by atoms with E-state index in [0.29, 0.717) is 35.6 Å². The van der Waals surface area contributed by atoms with Crippen molar-refractivity contribution in [1.82, 2.24) is 5.32 Å². The fourth-order valence-corrected chi connectivity index (χ4v) is 2.61. The summed E-state index contributed by atoms with van der Waals surface area (Å²) in [5.74, 6) is -1.03. The molecule has 2 rings (SSSR count). The summed E-state index contributed by atoms with van der Waals surface area (Å²) in [6.07, 6.45) is 1.74. The number of hydrogen-bond donors (Lipinski definition) is 2. The molecule has 1 saturated carbocycles. The zero-order chi connectivity index (χ0) is 14.7. The third-order valence-corrected chi connectivity index (χ3v) is 3.76. The van der Waals surface area contributed by atoms with Crippen LogP contribution < -0.4 is 10.1 Å². The molecule has 1 amide bonds. The highest BCUT2D eigenvalue weighted by Crippen LogP contribution is 2.27. The molecule has 20 heavy (non-hydrogen) atoms. The van der Waals surface area contributed by atoms with E-state index in [1.54, 1.807) is 18.2 Å². The normalized spacial score (nSPS) is 21.5. The first-order valence-electron chi connectivity index (χ1n) is 6.38. The van der Waals surface area contributed by atoms with E-state index >= 15 is 0 Å². The van der Waals surface area contributed by atoms with Crippen molar-refractivity contribution < 1.29 is 19.4 Å². The van der Waals surface area contributed by atoms with Gasteiger partial charge in [-0.3, -0.25) is 9.59 Å². The molecule has 0 bridgehead atoms. The van der Waals surface area contributed by atoms with Crippen LogP contribution >= 0.6 is 11.6 Å². The Labute approximate surface area is 121 Å². The summed E-state index contributed by atoms with van der Waals surface area (Å²) in [7, 11) is 1.47. The Morgan fingerprint density at radius 2 is 2.15 bits per heavy atom. The highest BCUT2D eigenvalue weighted by atomic mass is 35.5. The summed E-state index contributed by atoms with van der Waals surface area (Å²) in [4.78, 5) is 23.1. The Morgan fingerprint density at radius 3 is 2.75 bits per heavy atom. The number of carboxylic acid groups (broad SMARTS) is 1. The molecule has 0 unspecified atom stereocenters. The Morgan fingerprint density at radius 1 is 1.40 bits per heavy atom. The number of hydrogen-bond acceptors (Lipinski definition) is 3. The van der Waals surface area contributed by atoms with Crippen molar-refractivity contribution in [2.75, 3.05) is 7.11 Å². The fraction of sp³-hybridized carbons (Fsp3) is 0.429. The highest BCUT2D eigenvalue weighted by Gasteiger charge is 2.31. The van der Waals surface area contributed by atoms with Crippen LogP contribution in [0.3, 0.4) is 0 Å². The van der Waals surface area contributed by atoms with Crippen LogP contribution in [0, 0.1) is 5.92 Å². The lowest BCUT2D eigenvalue weighted by atomic mass is 10.1. The summed E-state index contributed by atoms with van der Waals surface area (Å²) in [5, 5.41) is 12.3. The van der Waals surface area contributed by atoms with E-state index in [9.17, 15) is 9.59 Å². The number of nitrogens with one attached hydrogen (secondary N) is 1. The van der Waals surface area contributed by atoms with Crippen molar-refractivity contribution in [3.63, 3.8) is 0 Å². The fourth-order valence-electron chi connectivity index (χ4n) is 2.45. The second kappa shape index (κ2) is 6.13. The molecule has 1 aromatic rings. The van der Waals surface area contributed by atoms with Crippen LogP contribution in [0.25, 0.3) is 0 Å². The minimum Gasteiger partial charge on any atom is -0.496 e. The monoisotopic (exact) mass is 297 g/mol. The second-order valence-corrected chi connectivity index (χ2v) is 5.30. The summed E-state index contributed by atoms with van der Waals surface area (Å²) < 4.78 is 5.13. The molecule has 5 nitrogen and oxygen atoms in total. The van der Waals surface area contributed by atoms with E-state index in [1.165, 1.54) is 7.11 Å². The number of benzene rings is 1. The molecule has 108 valence electrons. The molecule has 0 spiro atoms. The van der Waals surface area contributed by atoms with Crippen molar-refractivity contribution in [2.24, 2.45) is 5.92 Å². The van der Waals surface area contributed by atoms with Gasteiger partial charge in [0.25, 0.3) is 5.91 Å². The molecule has 0 saturated heterocycles. The third-order valence-electron chi connectivity index (χ3n) is 3.53. The van der Waals surface area contributed by atoms with Gasteiger partial charge in [0.2, 0.25) is 0 Å². The van der Waals surface area contributed by atoms with Crippen molar-refractivity contribution in [3.05, 3.63) is 28.8 Å². The summed E-state index contributed by atoms with van der Waals surface area (Å²) in [5.41, 5.74) is 0.399. The minimum atomic E-state index is -0.800. The molecular weight excluding hydrogens is 282 g/mol. The average molecular weight is 298 g/mol. The molecule has 6 heteroatoms. The summed E-state index contributed by atoms with van der Waals surface area (Å²) in [6, 6.07) is 4.68. The van der Waals surface area contributed by atoms with Gasteiger partial charge in [0, 0.05) is 11.1 Å². The predicted octanol–water partition coefficient (Wildman–Crippen LogP) is 2.33. The maximum atomic E-state index is 12.2. The zero-order valence-corrected chi connectivity index (χ0v) is 11.8. The lowest BCUT2D eigenvalue weighted by Crippen LogP contribution is -2.33. The van der Waals surface area contributed by atoms with Gasteiger partial charge in [-0.2, -0.15) is 0 Å². The topological polar surface area (TPSA) is 75.6 Å². The highest BCUT2D eigenvalue weighted by molar-refractivity contribution is 6.30. The first kappa shape index (κ1) is 14.7. The number of aliphatic carboxylic acids is 1. The quantitative estimate of drug-likeness (QED) is 0.894. The van der Waals surface area contributed by atoms with E-state index in [1.807, 2.05) is 0 Å². The van der Waals surface area contributed by atoms with Crippen molar-refractivity contribution in [1.29, 1.82) is 0 Å². The lowest BCUT2D eigenvalue weighted by molar-refractivity contribution is -0.141. The number of rotatable bonds is 4. The van der Waals surface area contributed by atoms with Crippen LogP contribution in [-0.4, -0.2) is 30.1 Å². The van der Waals surface area contributed by atoms with E-state index in [4.69, 9.17) is 21.4 Å². The smallest absolute Gasteiger partial charge is 0.306 e. The molecule has 1 aliphatic rings. The van der Waals surface area contributed by atoms with Gasteiger partial charge < -0.3 is 15.2 Å². The minimum absolute atomic E-state index is 0.107. The standard InChI is InChI=1S/C14H16ClNO4/c1-20-12-7-9(15)3-5-11(12)13(17)16-10-4-2-8(6-10)14(18)19/h3,5,7-8,10H,2,4,6H2,1H3,(H,16,17)(H,18,19)/t8-,10+/m1/s1. The molecule has 2 atom stereocenters. The molecule has 0 aliphatic heterocycles. The number of methoxy groups -OCH3 is 1. The number of carbonyl (C=O) groups excluding carboxylic acids is 1. The first-order valence-corrected chi connectivity index (χ1v) is 6.76. The molecule has 0 heterocycles. The molecule has 0 radical (unpaired) electrons. The molecule has 1 aliphatic carbocycles. The van der Waals surface area contributed by atoms with Gasteiger partial charge in [0.05, 0.1) is 18.6 Å². The van der Waals surface area contributed by atoms with Crippen molar-refractivity contribution in [3.8, 4) is 5.75 Å². The predicted molar refractivity (Wildman–Crippen MR) is 74.2 cm³/mol. The first-order chi connectivity index (χ1) is 9.51. The van der Waals surface area contributed by atoms with Gasteiger partial charge in [0.15, 0.2) is 0 Å². The molecule has 0 aromatic heterocycles. The molecule has 1 aromatic carbocycles. The van der Waals surface area contributed by atoms with E-state index in [2.05, 4.69) is 5.32 Å². The van der Waals surface area contributed by atoms with Crippen LogP contribution in [0.4, 0.5) is 0 Å². The van der Waals surface area contributed by atoms with Crippen LogP contribution in [0.15, 0.2) is 18.2 Å². The van der Waals surface area contributed by atoms with Gasteiger partial charge in [-0.15, -0.1) is 0 Å². The summed E-state index contributed by atoms with van der Waals surface area (Å²) in [6.45, 7) is 0. The van der Waals surface area contributed by atoms with E-state index < -0.39 is 5.97 Å². The number of amides is 1. The average Bonchev–Trinajstić information content (AvgIpc) is 2.87. The van der Waals surface area contributed by atoms with Gasteiger partial charge in [0.1, 0.15) is 5.75 Å². The largest absolute Gasteiger partial charge is 0.496 e. The number of ether oxygens (including phenoxy) is 1. The van der Waals surface area contributed by atoms with Crippen LogP contribution in [0.1, 0.15) is 29.6 Å². The Balaban J connectivity index is 2.04. The molecule has 2 N–H and O–H groups in total. The second-order valence-electron chi connectivity index (χ2n) is 4.86. The van der Waals surface area contributed by atoms with Crippen LogP contribution in [-0.2, 0) is 4.79 Å². The van der Waals surface area contributed by atoms with Crippen molar-refractivity contribution in [2.45, 2.75) is 25.3 Å². The Hall–Kier alpha value is -1.75. The van der Waals surface area contributed by atoms with Crippen LogP contribution in [0.5, 0.6) is 5.75 Å². The maximum Gasteiger partial charge on any atom is 0.306 e. The van der Waals surface area contributed by atoms with Crippen LogP contribution in [0.2, 0.25) is 5.02 Å². The van der Waals surface area contributed by atoms with Gasteiger partial charge >= 0.3 is 5.97 Å². The number of carbonyl (C=O) groups is 2. The maximum absolute atomic E-state index is 12.2. The van der Waals surface area contributed by atoms with Gasteiger partial charge in [-0.25, -0.2) is 0 Å². The lowest BCUT2D eigenvalue weighted by Gasteiger charge is -2.14. The molecular formula is C14H16ClNO4. The van der Waals surface area contributed by atoms with Gasteiger partial charge in [-0.05, 0) is 37.5 Å². The van der Waals surface area contributed by atoms with Gasteiger partial charge in [-0.1, -0.05) is 11.6 Å². The number of halogens is 1. The van der Waals surface area contributed by atoms with Crippen molar-refractivity contribution >= 4 is 23.5 Å². The van der Waals surface area contributed by atoms with E-state index in [0.717, 1.165) is 0 Å². The third kappa shape index (κ3) is 3.22.